The highest BCUT2D eigenvalue weighted by Crippen LogP contribution is 2.26. The van der Waals surface area contributed by atoms with Gasteiger partial charge in [-0.25, -0.2) is 0 Å². The molecule has 0 aromatic carbocycles. The summed E-state index contributed by atoms with van der Waals surface area (Å²) in [6.45, 7) is 3.71. The average Bonchev–Trinajstić information content (AvgIpc) is 1.83. The van der Waals surface area contributed by atoms with E-state index >= 15 is 0 Å². The fourth-order valence-corrected chi connectivity index (χ4v) is 0.996. The second-order valence-electron chi connectivity index (χ2n) is 3.80. The highest BCUT2D eigenvalue weighted by Gasteiger charge is 2.42. The predicted molar refractivity (Wildman–Crippen MR) is 44.6 cm³/mol. The van der Waals surface area contributed by atoms with E-state index in [1.54, 1.807) is 0 Å². The van der Waals surface area contributed by atoms with Crippen LogP contribution in [0.2, 0.25) is 0 Å². The van der Waals surface area contributed by atoms with Crippen molar-refractivity contribution in [2.75, 3.05) is 6.61 Å². The standard InChI is InChI=1S/C8H18O4/c1-6(10)4-8(12,5-9)7(2,3)11/h6,9-12H,4-5H2,1-3H3. The number of aliphatic hydroxyl groups is 4. The average molecular weight is 178 g/mol. The van der Waals surface area contributed by atoms with E-state index in [1.807, 2.05) is 0 Å². The molecule has 0 aliphatic heterocycles. The zero-order valence-electron chi connectivity index (χ0n) is 7.78. The van der Waals surface area contributed by atoms with Gasteiger partial charge >= 0.3 is 0 Å². The van der Waals surface area contributed by atoms with E-state index in [4.69, 9.17) is 10.2 Å². The summed E-state index contributed by atoms with van der Waals surface area (Å²) in [6.07, 6.45) is -0.805. The van der Waals surface area contributed by atoms with Gasteiger partial charge in [0.1, 0.15) is 5.60 Å². The molecule has 0 radical (unpaired) electrons. The molecule has 0 rings (SSSR count). The van der Waals surface area contributed by atoms with Gasteiger partial charge in [0.05, 0.1) is 18.3 Å². The minimum Gasteiger partial charge on any atom is -0.393 e. The van der Waals surface area contributed by atoms with Gasteiger partial charge in [-0.2, -0.15) is 0 Å². The van der Waals surface area contributed by atoms with Crippen molar-refractivity contribution in [1.82, 2.24) is 0 Å². The molecule has 0 spiro atoms. The monoisotopic (exact) mass is 178 g/mol. The first-order valence-electron chi connectivity index (χ1n) is 3.96. The van der Waals surface area contributed by atoms with Crippen LogP contribution < -0.4 is 0 Å². The summed E-state index contributed by atoms with van der Waals surface area (Å²) in [5, 5.41) is 37.0. The summed E-state index contributed by atoms with van der Waals surface area (Å²) < 4.78 is 0. The lowest BCUT2D eigenvalue weighted by Crippen LogP contribution is -2.54. The summed E-state index contributed by atoms with van der Waals surface area (Å²) >= 11 is 0. The Labute approximate surface area is 72.5 Å². The maximum absolute atomic E-state index is 9.67. The van der Waals surface area contributed by atoms with Crippen molar-refractivity contribution in [1.29, 1.82) is 0 Å². The van der Waals surface area contributed by atoms with Crippen molar-refractivity contribution < 1.29 is 20.4 Å². The predicted octanol–water partition coefficient (Wildman–Crippen LogP) is -0.748. The molecule has 4 nitrogen and oxygen atoms in total. The molecule has 4 heteroatoms. The molecule has 4 N–H and O–H groups in total. The lowest BCUT2D eigenvalue weighted by molar-refractivity contribution is -0.168. The van der Waals surface area contributed by atoms with Crippen molar-refractivity contribution >= 4 is 0 Å². The quantitative estimate of drug-likeness (QED) is 0.456. The second kappa shape index (κ2) is 3.70. The van der Waals surface area contributed by atoms with E-state index in [-0.39, 0.29) is 6.42 Å². The Bertz CT molecular complexity index is 138. The Morgan fingerprint density at radius 2 is 1.67 bits per heavy atom. The fourth-order valence-electron chi connectivity index (χ4n) is 0.996. The molecule has 2 unspecified atom stereocenters. The molecular weight excluding hydrogens is 160 g/mol. The number of hydrogen-bond donors (Lipinski definition) is 4. The minimum atomic E-state index is -1.64. The molecule has 0 heterocycles. The van der Waals surface area contributed by atoms with Crippen LogP contribution in [0.5, 0.6) is 0 Å². The van der Waals surface area contributed by atoms with Crippen LogP contribution in [0.1, 0.15) is 27.2 Å². The van der Waals surface area contributed by atoms with Crippen LogP contribution in [0.25, 0.3) is 0 Å². The molecule has 0 amide bonds. The van der Waals surface area contributed by atoms with Crippen LogP contribution in [0.3, 0.4) is 0 Å². The molecule has 0 aliphatic rings. The fraction of sp³-hybridized carbons (Fsp3) is 1.00. The lowest BCUT2D eigenvalue weighted by Gasteiger charge is -2.38. The van der Waals surface area contributed by atoms with Gasteiger partial charge in [-0.15, -0.1) is 0 Å². The molecule has 0 fully saturated rings. The molecule has 0 aromatic rings. The molecule has 0 aliphatic carbocycles. The summed E-state index contributed by atoms with van der Waals surface area (Å²) in [7, 11) is 0. The van der Waals surface area contributed by atoms with E-state index in [1.165, 1.54) is 20.8 Å². The smallest absolute Gasteiger partial charge is 0.118 e. The van der Waals surface area contributed by atoms with Gasteiger partial charge in [0, 0.05) is 6.42 Å². The van der Waals surface area contributed by atoms with Gasteiger partial charge in [-0.05, 0) is 20.8 Å². The van der Waals surface area contributed by atoms with Crippen LogP contribution in [0, 0.1) is 0 Å². The van der Waals surface area contributed by atoms with E-state index in [0.717, 1.165) is 0 Å². The highest BCUT2D eigenvalue weighted by atomic mass is 16.4. The van der Waals surface area contributed by atoms with Crippen molar-refractivity contribution in [3.63, 3.8) is 0 Å². The van der Waals surface area contributed by atoms with Gasteiger partial charge in [0.25, 0.3) is 0 Å². The Morgan fingerprint density at radius 3 is 1.75 bits per heavy atom. The molecule has 12 heavy (non-hydrogen) atoms. The Morgan fingerprint density at radius 1 is 1.25 bits per heavy atom. The third kappa shape index (κ3) is 2.71. The number of hydrogen-bond acceptors (Lipinski definition) is 4. The maximum atomic E-state index is 9.67. The Kier molecular flexibility index (Phi) is 3.65. The van der Waals surface area contributed by atoms with Crippen LogP contribution in [-0.2, 0) is 0 Å². The molecule has 0 aromatic heterocycles. The highest BCUT2D eigenvalue weighted by molar-refractivity contribution is 4.94. The van der Waals surface area contributed by atoms with Crippen molar-refractivity contribution in [3.8, 4) is 0 Å². The third-order valence-electron chi connectivity index (χ3n) is 2.03. The largest absolute Gasteiger partial charge is 0.393 e. The molecule has 0 saturated heterocycles. The van der Waals surface area contributed by atoms with Crippen molar-refractivity contribution in [2.24, 2.45) is 0 Å². The zero-order valence-corrected chi connectivity index (χ0v) is 7.78. The Hall–Kier alpha value is -0.160. The molecular formula is C8H18O4. The first kappa shape index (κ1) is 11.8. The number of aliphatic hydroxyl groups excluding tert-OH is 2. The molecule has 0 saturated carbocycles. The van der Waals surface area contributed by atoms with E-state index < -0.39 is 23.9 Å². The zero-order chi connectivity index (χ0) is 9.99. The van der Waals surface area contributed by atoms with E-state index in [0.29, 0.717) is 0 Å². The van der Waals surface area contributed by atoms with Crippen molar-refractivity contribution in [2.45, 2.75) is 44.5 Å². The van der Waals surface area contributed by atoms with Gasteiger partial charge in [0.2, 0.25) is 0 Å². The second-order valence-corrected chi connectivity index (χ2v) is 3.80. The Balaban J connectivity index is 4.46. The minimum absolute atomic E-state index is 0.0486. The lowest BCUT2D eigenvalue weighted by atomic mass is 9.82. The van der Waals surface area contributed by atoms with E-state index in [2.05, 4.69) is 0 Å². The molecule has 2 atom stereocenters. The van der Waals surface area contributed by atoms with Crippen LogP contribution >= 0.6 is 0 Å². The van der Waals surface area contributed by atoms with Crippen LogP contribution in [0.4, 0.5) is 0 Å². The summed E-state index contributed by atoms with van der Waals surface area (Å²) in [4.78, 5) is 0. The third-order valence-corrected chi connectivity index (χ3v) is 2.03. The summed E-state index contributed by atoms with van der Waals surface area (Å²) in [6, 6.07) is 0. The van der Waals surface area contributed by atoms with Crippen LogP contribution in [0.15, 0.2) is 0 Å². The first-order chi connectivity index (χ1) is 5.23. The SMILES string of the molecule is CC(O)CC(O)(CO)C(C)(C)O. The van der Waals surface area contributed by atoms with Gasteiger partial charge in [-0.3, -0.25) is 0 Å². The van der Waals surface area contributed by atoms with Crippen molar-refractivity contribution in [3.05, 3.63) is 0 Å². The van der Waals surface area contributed by atoms with Crippen LogP contribution in [-0.4, -0.2) is 44.3 Å². The van der Waals surface area contributed by atoms with E-state index in [9.17, 15) is 10.2 Å². The number of rotatable bonds is 4. The summed E-state index contributed by atoms with van der Waals surface area (Å²) in [5.74, 6) is 0. The first-order valence-corrected chi connectivity index (χ1v) is 3.96. The maximum Gasteiger partial charge on any atom is 0.118 e. The topological polar surface area (TPSA) is 80.9 Å². The van der Waals surface area contributed by atoms with Gasteiger partial charge in [-0.1, -0.05) is 0 Å². The summed E-state index contributed by atoms with van der Waals surface area (Å²) in [5.41, 5.74) is -3.06. The van der Waals surface area contributed by atoms with Gasteiger partial charge in [0.15, 0.2) is 0 Å². The molecule has 0 bridgehead atoms. The molecule has 74 valence electrons. The normalized spacial score (nSPS) is 20.2. The van der Waals surface area contributed by atoms with Gasteiger partial charge < -0.3 is 20.4 Å².